The van der Waals surface area contributed by atoms with Crippen molar-refractivity contribution in [3.63, 3.8) is 0 Å². The van der Waals surface area contributed by atoms with E-state index >= 15 is 0 Å². The summed E-state index contributed by atoms with van der Waals surface area (Å²) in [5.74, 6) is 6.60. The predicted molar refractivity (Wildman–Crippen MR) is 243 cm³/mol. The van der Waals surface area contributed by atoms with Gasteiger partial charge in [0.15, 0.2) is 5.82 Å². The maximum atomic E-state index is 13.7. The summed E-state index contributed by atoms with van der Waals surface area (Å²) in [5, 5.41) is 24.7. The molecule has 7 heterocycles. The number of aromatic nitrogens is 8. The third-order valence-corrected chi connectivity index (χ3v) is 13.2. The van der Waals surface area contributed by atoms with Crippen LogP contribution in [0.2, 0.25) is 0 Å². The van der Waals surface area contributed by atoms with E-state index < -0.39 is 40.6 Å². The maximum Gasteiger partial charge on any atom is 0.264 e. The molecule has 1 spiro atoms. The van der Waals surface area contributed by atoms with Gasteiger partial charge in [0.25, 0.3) is 11.8 Å². The molecule has 1 atom stereocenters. The van der Waals surface area contributed by atoms with Crippen molar-refractivity contribution in [2.45, 2.75) is 71.1 Å². The number of piperidine rings is 1. The molecular formula is C49H47N13O4. The van der Waals surface area contributed by atoms with Gasteiger partial charge >= 0.3 is 0 Å². The first-order valence-corrected chi connectivity index (χ1v) is 22.3. The van der Waals surface area contributed by atoms with E-state index in [-0.39, 0.29) is 18.4 Å². The molecular weight excluding hydrogens is 835 g/mol. The highest BCUT2D eigenvalue weighted by atomic mass is 16.2. The summed E-state index contributed by atoms with van der Waals surface area (Å²) in [6.07, 6.45) is 7.91. The first-order chi connectivity index (χ1) is 31.8. The Morgan fingerprint density at radius 3 is 2.38 bits per heavy atom. The number of anilines is 1. The number of fused-ring (bicyclic) bond motifs is 5. The quantitative estimate of drug-likeness (QED) is 0.171. The number of aliphatic imine (C=N–C) groups is 1. The smallest absolute Gasteiger partial charge is 0.264 e. The van der Waals surface area contributed by atoms with Crippen molar-refractivity contribution in [1.29, 1.82) is 0 Å². The van der Waals surface area contributed by atoms with Crippen molar-refractivity contribution >= 4 is 35.0 Å². The van der Waals surface area contributed by atoms with Gasteiger partial charge in [-0.1, -0.05) is 41.3 Å². The van der Waals surface area contributed by atoms with Gasteiger partial charge in [-0.2, -0.15) is 5.10 Å². The summed E-state index contributed by atoms with van der Waals surface area (Å²) >= 11 is 0. The molecule has 17 heteroatoms. The number of aryl methyl sites for hydroxylation is 2. The van der Waals surface area contributed by atoms with E-state index in [4.69, 9.17) is 4.99 Å². The number of hydrogen-bond acceptors (Lipinski definition) is 12. The molecule has 1 N–H and O–H groups in total. The maximum absolute atomic E-state index is 13.7. The van der Waals surface area contributed by atoms with Gasteiger partial charge in [-0.25, -0.2) is 0 Å². The van der Waals surface area contributed by atoms with Crippen LogP contribution in [0.15, 0.2) is 84.2 Å². The molecule has 1 unspecified atom stereocenters. The number of hydrogen-bond donors (Lipinski definition) is 1. The normalized spacial score (nSPS) is 18.9. The van der Waals surface area contributed by atoms with E-state index in [1.807, 2.05) is 48.0 Å². The second-order valence-electron chi connectivity index (χ2n) is 18.6. The van der Waals surface area contributed by atoms with Crippen molar-refractivity contribution in [3.05, 3.63) is 124 Å². The Morgan fingerprint density at radius 1 is 0.848 bits per heavy atom. The average molecular weight is 882 g/mol. The number of nitrogens with one attached hydrogen (secondary N) is 1. The van der Waals surface area contributed by atoms with Gasteiger partial charge in [-0.3, -0.25) is 53.2 Å². The van der Waals surface area contributed by atoms with Gasteiger partial charge in [-0.15, -0.1) is 15.3 Å². The Kier molecular flexibility index (Phi) is 9.69. The van der Waals surface area contributed by atoms with E-state index in [0.717, 1.165) is 74.3 Å². The molecule has 3 aromatic heterocycles. The van der Waals surface area contributed by atoms with Gasteiger partial charge in [-0.05, 0) is 82.0 Å². The molecule has 3 fully saturated rings. The molecule has 4 amide bonds. The van der Waals surface area contributed by atoms with Crippen LogP contribution in [0.1, 0.15) is 94.3 Å². The lowest BCUT2D eigenvalue weighted by atomic mass is 9.93. The SMILES string of the molecule is Cc1nnc2n1-c1ccc(-c3cnn(C)c3)cc1C(c1ccc(C#CC(C)(C)Cn3cc(CN4CCN(c5cccc6c5C(=O)N(C5CCC(=O)NC5=O)C6=O)CC4)nn3)cc1)=NC21CC1. The highest BCUT2D eigenvalue weighted by Crippen LogP contribution is 2.52. The van der Waals surface area contributed by atoms with Crippen LogP contribution in [-0.4, -0.2) is 111 Å². The van der Waals surface area contributed by atoms with Gasteiger partial charge in [0.1, 0.15) is 17.4 Å². The molecule has 6 aromatic rings. The molecule has 332 valence electrons. The largest absolute Gasteiger partial charge is 0.368 e. The zero-order valence-corrected chi connectivity index (χ0v) is 37.2. The minimum atomic E-state index is -1.00. The van der Waals surface area contributed by atoms with Crippen LogP contribution in [0, 0.1) is 24.2 Å². The molecule has 2 saturated heterocycles. The van der Waals surface area contributed by atoms with Gasteiger partial charge in [0.2, 0.25) is 11.8 Å². The lowest BCUT2D eigenvalue weighted by Gasteiger charge is -2.36. The van der Waals surface area contributed by atoms with Crippen LogP contribution in [-0.2, 0) is 35.3 Å². The zero-order chi connectivity index (χ0) is 45.5. The number of imide groups is 2. The van der Waals surface area contributed by atoms with Crippen molar-refractivity contribution < 1.29 is 19.2 Å². The van der Waals surface area contributed by atoms with Crippen LogP contribution in [0.25, 0.3) is 16.8 Å². The minimum Gasteiger partial charge on any atom is -0.368 e. The summed E-state index contributed by atoms with van der Waals surface area (Å²) in [7, 11) is 1.92. The fraction of sp³-hybridized carbons (Fsp3) is 0.347. The summed E-state index contributed by atoms with van der Waals surface area (Å²) in [6.45, 7) is 10.0. The number of nitrogens with zero attached hydrogens (tertiary/aromatic N) is 12. The number of carbonyl (C=O) groups is 4. The highest BCUT2D eigenvalue weighted by molar-refractivity contribution is 6.25. The van der Waals surface area contributed by atoms with E-state index in [2.05, 4.69) is 113 Å². The van der Waals surface area contributed by atoms with Crippen LogP contribution < -0.4 is 10.2 Å². The van der Waals surface area contributed by atoms with Crippen molar-refractivity contribution in [1.82, 2.24) is 54.7 Å². The third kappa shape index (κ3) is 7.27. The highest BCUT2D eigenvalue weighted by Gasteiger charge is 2.51. The summed E-state index contributed by atoms with van der Waals surface area (Å²) in [4.78, 5) is 62.3. The van der Waals surface area contributed by atoms with Crippen LogP contribution >= 0.6 is 0 Å². The molecule has 11 rings (SSSR count). The van der Waals surface area contributed by atoms with Crippen molar-refractivity contribution in [2.24, 2.45) is 17.5 Å². The second kappa shape index (κ2) is 15.5. The zero-order valence-electron chi connectivity index (χ0n) is 37.2. The molecule has 0 radical (unpaired) electrons. The number of carbonyl (C=O) groups excluding carboxylic acids is 4. The lowest BCUT2D eigenvalue weighted by molar-refractivity contribution is -0.136. The van der Waals surface area contributed by atoms with E-state index in [1.54, 1.807) is 12.1 Å². The van der Waals surface area contributed by atoms with Crippen molar-refractivity contribution in [2.75, 3.05) is 31.1 Å². The molecule has 0 bridgehead atoms. The van der Waals surface area contributed by atoms with Gasteiger partial charge < -0.3 is 4.90 Å². The van der Waals surface area contributed by atoms with Crippen LogP contribution in [0.5, 0.6) is 0 Å². The van der Waals surface area contributed by atoms with Crippen molar-refractivity contribution in [3.8, 4) is 28.7 Å². The molecule has 17 nitrogen and oxygen atoms in total. The lowest BCUT2D eigenvalue weighted by Crippen LogP contribution is -2.54. The molecule has 3 aromatic carbocycles. The summed E-state index contributed by atoms with van der Waals surface area (Å²) in [6, 6.07) is 19.1. The minimum absolute atomic E-state index is 0.0757. The van der Waals surface area contributed by atoms with Crippen LogP contribution in [0.4, 0.5) is 5.69 Å². The molecule has 1 aliphatic carbocycles. The molecule has 66 heavy (non-hydrogen) atoms. The Morgan fingerprint density at radius 2 is 1.64 bits per heavy atom. The van der Waals surface area contributed by atoms with Gasteiger partial charge in [0.05, 0.1) is 46.6 Å². The monoisotopic (exact) mass is 881 g/mol. The fourth-order valence-electron chi connectivity index (χ4n) is 9.64. The Balaban J connectivity index is 0.742. The molecule has 4 aliphatic heterocycles. The standard InChI is InChI=1S/C49H47N13O4/c1-30-53-55-47-49(18-19-49)52-43(37-24-33(12-13-38(37)61(30)47)34-25-50-57(4)26-34)32-10-8-31(9-11-32)16-17-48(2,3)29-60-28-35(54-56-60)27-58-20-22-59(23-21-58)39-7-5-6-36-42(39)46(66)62(45(36)65)40-14-15-41(63)51-44(40)64/h5-13,24-26,28,40H,14-15,18-23,27,29H2,1-4H3,(H,51,63,64). The van der Waals surface area contributed by atoms with E-state index in [0.29, 0.717) is 50.5 Å². The second-order valence-corrected chi connectivity index (χ2v) is 18.6. The first-order valence-electron chi connectivity index (χ1n) is 22.3. The Hall–Kier alpha value is -7.58. The number of amides is 4. The van der Waals surface area contributed by atoms with E-state index in [9.17, 15) is 19.2 Å². The average Bonchev–Trinajstić information content (AvgIpc) is 3.52. The topological polar surface area (TPSA) is 182 Å². The van der Waals surface area contributed by atoms with Crippen LogP contribution in [0.3, 0.4) is 0 Å². The Labute approximate surface area is 380 Å². The summed E-state index contributed by atoms with van der Waals surface area (Å²) in [5.41, 5.74) is 8.28. The molecule has 1 saturated carbocycles. The molecule has 5 aliphatic rings. The first kappa shape index (κ1) is 41.1. The van der Waals surface area contributed by atoms with E-state index in [1.165, 1.54) is 0 Å². The third-order valence-electron chi connectivity index (χ3n) is 13.2. The van der Waals surface area contributed by atoms with Gasteiger partial charge in [0, 0.05) is 86.3 Å². The number of benzene rings is 3. The number of piperazine rings is 1. The fourth-order valence-corrected chi connectivity index (χ4v) is 9.64. The predicted octanol–water partition coefficient (Wildman–Crippen LogP) is 4.21. The number of rotatable bonds is 8. The summed E-state index contributed by atoms with van der Waals surface area (Å²) < 4.78 is 5.83. The Bertz CT molecular complexity index is 3100.